The lowest BCUT2D eigenvalue weighted by Gasteiger charge is -2.16. The van der Waals surface area contributed by atoms with E-state index in [1.807, 2.05) is 18.4 Å². The Kier molecular flexibility index (Phi) is 5.90. The molecule has 112 valence electrons. The van der Waals surface area contributed by atoms with Crippen LogP contribution in [0.3, 0.4) is 0 Å². The number of benzene rings is 1. The molecule has 3 nitrogen and oxygen atoms in total. The van der Waals surface area contributed by atoms with Gasteiger partial charge >= 0.3 is 0 Å². The molecule has 1 amide bonds. The lowest BCUT2D eigenvalue weighted by molar-refractivity contribution is -0.903. The van der Waals surface area contributed by atoms with Gasteiger partial charge in [-0.05, 0) is 36.6 Å². The highest BCUT2D eigenvalue weighted by molar-refractivity contribution is 9.10. The molecule has 0 bridgehead atoms. The molecule has 1 heterocycles. The van der Waals surface area contributed by atoms with Crippen molar-refractivity contribution in [2.24, 2.45) is 0 Å². The SMILES string of the molecule is CC[NH+](CC(=O)Nc1ccc(Br)cc1F)Cc1cccs1. The smallest absolute Gasteiger partial charge is 0.279 e. The monoisotopic (exact) mass is 371 g/mol. The molecule has 0 fully saturated rings. The second kappa shape index (κ2) is 7.68. The van der Waals surface area contributed by atoms with Crippen molar-refractivity contribution in [3.05, 3.63) is 50.9 Å². The molecule has 1 aromatic heterocycles. The Bertz CT molecular complexity index is 604. The van der Waals surface area contributed by atoms with Crippen LogP contribution in [0.1, 0.15) is 11.8 Å². The molecule has 1 unspecified atom stereocenters. The predicted octanol–water partition coefficient (Wildman–Crippen LogP) is 2.69. The van der Waals surface area contributed by atoms with E-state index in [2.05, 4.69) is 27.3 Å². The van der Waals surface area contributed by atoms with Crippen LogP contribution in [-0.4, -0.2) is 19.0 Å². The summed E-state index contributed by atoms with van der Waals surface area (Å²) in [5.41, 5.74) is 0.217. The van der Waals surface area contributed by atoms with E-state index in [1.165, 1.54) is 10.9 Å². The topological polar surface area (TPSA) is 33.5 Å². The van der Waals surface area contributed by atoms with Crippen LogP contribution in [0.2, 0.25) is 0 Å². The third-order valence-electron chi connectivity index (χ3n) is 3.12. The van der Waals surface area contributed by atoms with E-state index >= 15 is 0 Å². The number of nitrogens with one attached hydrogen (secondary N) is 2. The van der Waals surface area contributed by atoms with Gasteiger partial charge in [-0.15, -0.1) is 11.3 Å². The normalized spacial score (nSPS) is 12.1. The highest BCUT2D eigenvalue weighted by atomic mass is 79.9. The second-order valence-electron chi connectivity index (χ2n) is 4.71. The van der Waals surface area contributed by atoms with Crippen LogP contribution in [0.4, 0.5) is 10.1 Å². The van der Waals surface area contributed by atoms with E-state index in [0.29, 0.717) is 11.0 Å². The zero-order chi connectivity index (χ0) is 15.2. The first-order chi connectivity index (χ1) is 10.1. The largest absolute Gasteiger partial charge is 0.323 e. The van der Waals surface area contributed by atoms with Gasteiger partial charge in [-0.3, -0.25) is 4.79 Å². The molecule has 1 aromatic carbocycles. The van der Waals surface area contributed by atoms with Crippen molar-refractivity contribution in [1.82, 2.24) is 0 Å². The van der Waals surface area contributed by atoms with Crippen LogP contribution in [0.5, 0.6) is 0 Å². The number of halogens is 2. The van der Waals surface area contributed by atoms with Crippen LogP contribution in [-0.2, 0) is 11.3 Å². The van der Waals surface area contributed by atoms with Crippen LogP contribution in [0, 0.1) is 5.82 Å². The molecule has 1 atom stereocenters. The Hall–Kier alpha value is -1.24. The van der Waals surface area contributed by atoms with Gasteiger partial charge in [0, 0.05) is 4.47 Å². The molecular formula is C15H17BrFN2OS+. The summed E-state index contributed by atoms with van der Waals surface area (Å²) in [5.74, 6) is -0.612. The molecule has 21 heavy (non-hydrogen) atoms. The van der Waals surface area contributed by atoms with Gasteiger partial charge in [-0.1, -0.05) is 22.0 Å². The van der Waals surface area contributed by atoms with E-state index in [4.69, 9.17) is 0 Å². The minimum Gasteiger partial charge on any atom is -0.323 e. The van der Waals surface area contributed by atoms with Gasteiger partial charge in [0.25, 0.3) is 5.91 Å². The Balaban J connectivity index is 1.93. The summed E-state index contributed by atoms with van der Waals surface area (Å²) >= 11 is 4.88. The summed E-state index contributed by atoms with van der Waals surface area (Å²) in [6, 6.07) is 8.67. The van der Waals surface area contributed by atoms with Crippen molar-refractivity contribution in [3.8, 4) is 0 Å². The van der Waals surface area contributed by atoms with Gasteiger partial charge in [-0.25, -0.2) is 4.39 Å². The van der Waals surface area contributed by atoms with Crippen molar-refractivity contribution < 1.29 is 14.1 Å². The van der Waals surface area contributed by atoms with E-state index in [1.54, 1.807) is 23.5 Å². The summed E-state index contributed by atoms with van der Waals surface area (Å²) in [6.45, 7) is 4.01. The molecule has 2 rings (SSSR count). The number of anilines is 1. The molecule has 0 radical (unpaired) electrons. The van der Waals surface area contributed by atoms with Crippen molar-refractivity contribution >= 4 is 38.9 Å². The van der Waals surface area contributed by atoms with Gasteiger partial charge in [0.15, 0.2) is 6.54 Å². The second-order valence-corrected chi connectivity index (χ2v) is 6.66. The Morgan fingerprint density at radius 1 is 1.43 bits per heavy atom. The number of amides is 1. The van der Waals surface area contributed by atoms with Gasteiger partial charge in [-0.2, -0.15) is 0 Å². The standard InChI is InChI=1S/C15H16BrFN2OS/c1-2-19(9-12-4-3-7-21-12)10-15(20)18-14-6-5-11(16)8-13(14)17/h3-8H,2,9-10H2,1H3,(H,18,20)/p+1. The van der Waals surface area contributed by atoms with E-state index in [-0.39, 0.29) is 11.6 Å². The third kappa shape index (κ3) is 4.91. The first kappa shape index (κ1) is 16.1. The summed E-state index contributed by atoms with van der Waals surface area (Å²) in [4.78, 5) is 14.4. The zero-order valence-electron chi connectivity index (χ0n) is 11.7. The fourth-order valence-corrected chi connectivity index (χ4v) is 3.09. The minimum absolute atomic E-state index is 0.176. The van der Waals surface area contributed by atoms with Gasteiger partial charge in [0.05, 0.1) is 17.1 Å². The zero-order valence-corrected chi connectivity index (χ0v) is 14.1. The average Bonchev–Trinajstić information content (AvgIpc) is 2.94. The molecule has 0 saturated carbocycles. The number of hydrogen-bond acceptors (Lipinski definition) is 2. The van der Waals surface area contributed by atoms with Crippen LogP contribution in [0.15, 0.2) is 40.2 Å². The number of hydrogen-bond donors (Lipinski definition) is 2. The molecule has 0 spiro atoms. The van der Waals surface area contributed by atoms with Crippen LogP contribution >= 0.6 is 27.3 Å². The first-order valence-corrected chi connectivity index (χ1v) is 8.36. The highest BCUT2D eigenvalue weighted by Crippen LogP contribution is 2.19. The quantitative estimate of drug-likeness (QED) is 0.803. The van der Waals surface area contributed by atoms with Gasteiger partial charge in [0.1, 0.15) is 12.4 Å². The summed E-state index contributed by atoms with van der Waals surface area (Å²) in [5, 5.41) is 4.66. The Labute approximate surface area is 135 Å². The maximum Gasteiger partial charge on any atom is 0.279 e. The molecule has 0 aliphatic rings. The molecule has 0 aliphatic carbocycles. The van der Waals surface area contributed by atoms with E-state index in [9.17, 15) is 9.18 Å². The first-order valence-electron chi connectivity index (χ1n) is 6.69. The number of carbonyl (C=O) groups is 1. The lowest BCUT2D eigenvalue weighted by atomic mass is 10.3. The molecule has 6 heteroatoms. The average molecular weight is 372 g/mol. The summed E-state index contributed by atoms with van der Waals surface area (Å²) < 4.78 is 14.3. The number of thiophene rings is 1. The highest BCUT2D eigenvalue weighted by Gasteiger charge is 2.15. The lowest BCUT2D eigenvalue weighted by Crippen LogP contribution is -3.11. The van der Waals surface area contributed by atoms with Crippen molar-refractivity contribution in [2.75, 3.05) is 18.4 Å². The maximum absolute atomic E-state index is 13.7. The minimum atomic E-state index is -0.436. The Morgan fingerprint density at radius 2 is 2.24 bits per heavy atom. The number of rotatable bonds is 6. The van der Waals surface area contributed by atoms with Crippen LogP contribution < -0.4 is 10.2 Å². The predicted molar refractivity (Wildman–Crippen MR) is 87.1 cm³/mol. The third-order valence-corrected chi connectivity index (χ3v) is 4.49. The van der Waals surface area contributed by atoms with Gasteiger partial charge in [0.2, 0.25) is 0 Å². The summed E-state index contributed by atoms with van der Waals surface area (Å²) in [7, 11) is 0. The number of likely N-dealkylation sites (N-methyl/N-ethyl adjacent to an activating group) is 1. The number of carbonyl (C=O) groups excluding carboxylic acids is 1. The van der Waals surface area contributed by atoms with E-state index < -0.39 is 5.82 Å². The molecule has 2 aromatic rings. The molecular weight excluding hydrogens is 355 g/mol. The molecule has 0 saturated heterocycles. The van der Waals surface area contributed by atoms with Crippen molar-refractivity contribution in [3.63, 3.8) is 0 Å². The molecule has 0 aliphatic heterocycles. The Morgan fingerprint density at radius 3 is 2.86 bits per heavy atom. The van der Waals surface area contributed by atoms with Gasteiger partial charge < -0.3 is 10.2 Å². The fraction of sp³-hybridized carbons (Fsp3) is 0.267. The van der Waals surface area contributed by atoms with Crippen LogP contribution in [0.25, 0.3) is 0 Å². The van der Waals surface area contributed by atoms with Crippen molar-refractivity contribution in [2.45, 2.75) is 13.5 Å². The fourth-order valence-electron chi connectivity index (χ4n) is 1.98. The molecule has 2 N–H and O–H groups in total. The number of quaternary nitrogens is 1. The van der Waals surface area contributed by atoms with Crippen molar-refractivity contribution in [1.29, 1.82) is 0 Å². The van der Waals surface area contributed by atoms with E-state index in [0.717, 1.165) is 18.0 Å². The summed E-state index contributed by atoms with van der Waals surface area (Å²) in [6.07, 6.45) is 0. The maximum atomic E-state index is 13.7.